The van der Waals surface area contributed by atoms with E-state index in [-0.39, 0.29) is 11.1 Å². The fourth-order valence-corrected chi connectivity index (χ4v) is 12.6. The highest BCUT2D eigenvalue weighted by molar-refractivity contribution is 14.1. The number of para-hydroxylation sites is 3. The average molecular weight is 1480 g/mol. The van der Waals surface area contributed by atoms with Gasteiger partial charge in [0.1, 0.15) is 42.0 Å². The largest absolute Gasteiger partial charge is 0.488 e. The fraction of sp³-hybridized carbons (Fsp3) is 0.212. The van der Waals surface area contributed by atoms with Gasteiger partial charge in [0.2, 0.25) is 18.3 Å². The predicted octanol–water partition coefficient (Wildman–Crippen LogP) is 15.3. The van der Waals surface area contributed by atoms with Crippen LogP contribution in [0.5, 0.6) is 28.7 Å². The van der Waals surface area contributed by atoms with Gasteiger partial charge in [0.05, 0.1) is 21.9 Å². The Morgan fingerprint density at radius 1 is 0.500 bits per heavy atom. The minimum Gasteiger partial charge on any atom is -0.488 e. The maximum atomic E-state index is 12.1. The second kappa shape index (κ2) is 28.0. The van der Waals surface area contributed by atoms with Gasteiger partial charge in [0, 0.05) is 33.4 Å². The number of aliphatic hydroxyl groups is 3. The van der Waals surface area contributed by atoms with Crippen molar-refractivity contribution >= 4 is 80.0 Å². The van der Waals surface area contributed by atoms with Crippen LogP contribution in [0.15, 0.2) is 207 Å². The third kappa shape index (κ3) is 13.2. The van der Waals surface area contributed by atoms with Gasteiger partial charge >= 0.3 is 15.0 Å². The molecular formula is C66H56Cl3I2N3O14. The molecule has 0 amide bonds. The van der Waals surface area contributed by atoms with Crippen LogP contribution in [0.2, 0.25) is 0 Å². The molecule has 0 aromatic heterocycles. The summed E-state index contributed by atoms with van der Waals surface area (Å²) in [5, 5.41) is 68.3. The zero-order valence-corrected chi connectivity index (χ0v) is 53.3. The van der Waals surface area contributed by atoms with Crippen molar-refractivity contribution in [1.29, 1.82) is 0 Å². The Labute approximate surface area is 548 Å². The lowest BCUT2D eigenvalue weighted by Gasteiger charge is -2.38. The SMILES string of the molecule is C=CCc1cccc2c1O[C@@H](c1ccc(C)cc1)[C@](Cl)([N+](=O)[O-])[C@H]2O.C=CCc1cccc2c1O[C@@H](c1ccc(OCc3ccccc3)c(I)c1)[C@](Cl)([N+](=O)[O-])[C@H]2O.O=[N+]([O-])[C@]1(Cl)[C@@H](O)c2ccccc2O[C@H]1c1ccc(OCc2ccccc2)c(I)c1. The normalized spacial score (nSPS) is 22.9. The molecule has 454 valence electrons. The van der Waals surface area contributed by atoms with E-state index in [0.29, 0.717) is 77.1 Å². The van der Waals surface area contributed by atoms with Gasteiger partial charge in [-0.3, -0.25) is 30.3 Å². The highest BCUT2D eigenvalue weighted by Crippen LogP contribution is 2.55. The molecule has 0 bridgehead atoms. The molecule has 3 N–H and O–H groups in total. The first-order valence-electron chi connectivity index (χ1n) is 27.2. The van der Waals surface area contributed by atoms with Crippen molar-refractivity contribution in [2.24, 2.45) is 0 Å². The van der Waals surface area contributed by atoms with E-state index >= 15 is 0 Å². The van der Waals surface area contributed by atoms with E-state index in [2.05, 4.69) is 58.3 Å². The Kier molecular flexibility index (Phi) is 20.7. The molecule has 0 aliphatic carbocycles. The van der Waals surface area contributed by atoms with Gasteiger partial charge in [-0.05, 0) is 152 Å². The standard InChI is InChI=1S/C25H21ClINO5.C22H17ClINO5.C19H18ClNO4/c1-2-7-17-10-6-11-19-22(17)33-24(25(26,23(19)29)28(30)31)18-12-13-21(20(27)14-18)32-15-16-8-4-3-5-9-16;23-22(25(27)28)20(26)16-8-4-5-9-18(16)30-21(22)15-10-11-19(17(24)12-15)29-13-14-6-2-1-3-7-14;1-3-5-13-6-4-7-15-16(13)25-18(14-10-8-12(2)9-11-14)19(20,17(15)22)21(23)24/h2-6,8-14,23-24,29H,1,7,15H2;1-12,20-21,26H,13H2;3-4,6-11,17-18,22H,1,5H2,2H3/t23-,24-,25+;20-,21-,22+;17-,18-,19+/m000/s1. The molecule has 0 saturated heterocycles. The first-order chi connectivity index (χ1) is 42.2. The lowest BCUT2D eigenvalue weighted by Crippen LogP contribution is -2.49. The summed E-state index contributed by atoms with van der Waals surface area (Å²) in [5.74, 6) is 2.47. The minimum atomic E-state index is -2.30. The highest BCUT2D eigenvalue weighted by atomic mass is 127. The van der Waals surface area contributed by atoms with E-state index in [0.717, 1.165) is 35.0 Å². The van der Waals surface area contributed by atoms with Crippen molar-refractivity contribution in [3.8, 4) is 28.7 Å². The number of hydrogen-bond acceptors (Lipinski definition) is 14. The Bertz CT molecular complexity index is 3870. The molecule has 0 fully saturated rings. The zero-order chi connectivity index (χ0) is 63.1. The average Bonchev–Trinajstić information content (AvgIpc) is 1.05. The number of alkyl halides is 3. The van der Waals surface area contributed by atoms with Crippen LogP contribution in [0.4, 0.5) is 0 Å². The summed E-state index contributed by atoms with van der Waals surface area (Å²) < 4.78 is 31.4. The van der Waals surface area contributed by atoms with E-state index < -0.39 is 66.4 Å². The van der Waals surface area contributed by atoms with E-state index in [4.69, 9.17) is 58.5 Å². The second-order valence-corrected chi connectivity index (χ2v) is 24.8. The van der Waals surface area contributed by atoms with Gasteiger partial charge in [-0.25, -0.2) is 0 Å². The summed E-state index contributed by atoms with van der Waals surface area (Å²) in [5.41, 5.74) is 7.00. The quantitative estimate of drug-likeness (QED) is 0.0204. The summed E-state index contributed by atoms with van der Waals surface area (Å²) in [6.07, 6.45) is -3.72. The van der Waals surface area contributed by atoms with Gasteiger partial charge in [0.25, 0.3) is 0 Å². The van der Waals surface area contributed by atoms with E-state index in [1.807, 2.05) is 91.9 Å². The van der Waals surface area contributed by atoms with Gasteiger partial charge in [0.15, 0.2) is 18.3 Å². The molecule has 0 unspecified atom stereocenters. The van der Waals surface area contributed by atoms with Gasteiger partial charge in [-0.1, -0.05) is 169 Å². The zero-order valence-electron chi connectivity index (χ0n) is 46.7. The maximum Gasteiger partial charge on any atom is 0.364 e. The summed E-state index contributed by atoms with van der Waals surface area (Å²) in [6.45, 7) is 10.2. The number of aliphatic hydroxyl groups excluding tert-OH is 3. The maximum absolute atomic E-state index is 12.1. The number of ether oxygens (including phenoxy) is 5. The van der Waals surface area contributed by atoms with Crippen LogP contribution in [-0.2, 0) is 26.1 Å². The summed E-state index contributed by atoms with van der Waals surface area (Å²) in [4.78, 5) is 27.0. The van der Waals surface area contributed by atoms with Crippen molar-refractivity contribution in [3.63, 3.8) is 0 Å². The molecule has 17 nitrogen and oxygen atoms in total. The van der Waals surface area contributed by atoms with Crippen molar-refractivity contribution < 1.29 is 53.8 Å². The molecule has 0 saturated carbocycles. The smallest absolute Gasteiger partial charge is 0.364 e. The summed E-state index contributed by atoms with van der Waals surface area (Å²) in [7, 11) is 0. The van der Waals surface area contributed by atoms with Crippen LogP contribution in [0.25, 0.3) is 0 Å². The van der Waals surface area contributed by atoms with Crippen LogP contribution < -0.4 is 23.7 Å². The predicted molar refractivity (Wildman–Crippen MR) is 350 cm³/mol. The first-order valence-corrected chi connectivity index (χ1v) is 30.5. The summed E-state index contributed by atoms with van der Waals surface area (Å²) >= 11 is 23.5. The molecular weight excluding hydrogens is 1420 g/mol. The van der Waals surface area contributed by atoms with E-state index in [9.17, 15) is 45.7 Å². The van der Waals surface area contributed by atoms with Gasteiger partial charge in [-0.2, -0.15) is 0 Å². The third-order valence-corrected chi connectivity index (χ3v) is 18.3. The number of hydrogen-bond donors (Lipinski definition) is 3. The Morgan fingerprint density at radius 2 is 0.864 bits per heavy atom. The fourth-order valence-electron chi connectivity index (χ4n) is 10.4. The lowest BCUT2D eigenvalue weighted by atomic mass is 9.88. The van der Waals surface area contributed by atoms with Crippen LogP contribution in [0, 0.1) is 44.4 Å². The monoisotopic (exact) mass is 1470 g/mol. The Hall–Kier alpha value is -7.35. The third-order valence-electron chi connectivity index (χ3n) is 15.0. The van der Waals surface area contributed by atoms with Gasteiger partial charge < -0.3 is 39.0 Å². The molecule has 9 atom stereocenters. The molecule has 8 aromatic carbocycles. The molecule has 22 heteroatoms. The number of allylic oxidation sites excluding steroid dienone is 2. The highest BCUT2D eigenvalue weighted by Gasteiger charge is 2.64. The van der Waals surface area contributed by atoms with Gasteiger partial charge in [-0.15, -0.1) is 13.2 Å². The molecule has 88 heavy (non-hydrogen) atoms. The van der Waals surface area contributed by atoms with E-state index in [1.54, 1.807) is 109 Å². The second-order valence-electron chi connectivity index (χ2n) is 20.7. The molecule has 0 spiro atoms. The van der Waals surface area contributed by atoms with Crippen molar-refractivity contribution in [1.82, 2.24) is 0 Å². The number of nitrogens with zero attached hydrogens (tertiary/aromatic N) is 3. The number of aryl methyl sites for hydroxylation is 1. The van der Waals surface area contributed by atoms with E-state index in [1.165, 1.54) is 0 Å². The topological polar surface area (TPSA) is 236 Å². The first kappa shape index (κ1) is 65.1. The lowest BCUT2D eigenvalue weighted by molar-refractivity contribution is -0.570. The minimum absolute atomic E-state index is 0.287. The molecule has 8 aromatic rings. The van der Waals surface area contributed by atoms with Crippen LogP contribution >= 0.6 is 80.0 Å². The number of benzene rings is 8. The van der Waals surface area contributed by atoms with Crippen LogP contribution in [0.3, 0.4) is 0 Å². The van der Waals surface area contributed by atoms with Crippen LogP contribution in [0.1, 0.15) is 97.8 Å². The number of halogens is 5. The van der Waals surface area contributed by atoms with Crippen molar-refractivity contribution in [2.45, 2.75) is 84.6 Å². The Balaban J connectivity index is 0.000000159. The van der Waals surface area contributed by atoms with Crippen molar-refractivity contribution in [3.05, 3.63) is 306 Å². The molecule has 3 aliphatic rings. The molecule has 0 radical (unpaired) electrons. The number of rotatable bonds is 16. The molecule has 3 heterocycles. The number of nitro groups is 3. The summed E-state index contributed by atoms with van der Waals surface area (Å²) in [6, 6.07) is 53.8. The molecule has 11 rings (SSSR count). The van der Waals surface area contributed by atoms with Crippen LogP contribution in [-0.4, -0.2) is 45.1 Å². The van der Waals surface area contributed by atoms with Crippen molar-refractivity contribution in [2.75, 3.05) is 0 Å². The molecule has 3 aliphatic heterocycles. The number of fused-ring (bicyclic) bond motifs is 3. The Morgan fingerprint density at radius 3 is 1.27 bits per heavy atom.